The van der Waals surface area contributed by atoms with E-state index in [0.717, 1.165) is 0 Å². The lowest BCUT2D eigenvalue weighted by atomic mass is 9.89. The Kier molecular flexibility index (Phi) is 5.15. The van der Waals surface area contributed by atoms with Crippen molar-refractivity contribution in [3.8, 4) is 5.88 Å². The van der Waals surface area contributed by atoms with E-state index in [4.69, 9.17) is 10.5 Å². The van der Waals surface area contributed by atoms with Gasteiger partial charge in [-0.1, -0.05) is 0 Å². The van der Waals surface area contributed by atoms with Gasteiger partial charge in [0, 0.05) is 6.54 Å². The summed E-state index contributed by atoms with van der Waals surface area (Å²) in [5.74, 6) is -0.735. The number of nitrogens with two attached hydrogens (primary N) is 1. The number of hydrogen-bond donors (Lipinski definition) is 2. The molecule has 0 aromatic carbocycles. The molecule has 4 heterocycles. The summed E-state index contributed by atoms with van der Waals surface area (Å²) in [6.45, 7) is 5.52. The van der Waals surface area contributed by atoms with Crippen LogP contribution in [-0.2, 0) is 15.3 Å². The van der Waals surface area contributed by atoms with Gasteiger partial charge in [-0.25, -0.2) is 27.9 Å². The number of fused-ring (bicyclic) bond motifs is 1. The predicted molar refractivity (Wildman–Crippen MR) is 118 cm³/mol. The normalized spacial score (nSPS) is 28.3. The molecular formula is C20H24FN7O3S. The molecule has 0 aliphatic carbocycles. The first kappa shape index (κ1) is 22.1. The number of halogens is 1. The van der Waals surface area contributed by atoms with Gasteiger partial charge in [-0.3, -0.25) is 9.79 Å². The fraction of sp³-hybridized carbons (Fsp3) is 0.450. The third-order valence-corrected chi connectivity index (χ3v) is 9.73. The first-order valence-electron chi connectivity index (χ1n) is 9.94. The predicted octanol–water partition coefficient (Wildman–Crippen LogP) is 1.88. The largest absolute Gasteiger partial charge is 0.480 e. The van der Waals surface area contributed by atoms with E-state index in [2.05, 4.69) is 29.6 Å². The monoisotopic (exact) mass is 461 g/mol. The maximum atomic E-state index is 15.0. The molecule has 0 unspecified atom stereocenters. The Morgan fingerprint density at radius 3 is 2.69 bits per heavy atom. The number of anilines is 1. The van der Waals surface area contributed by atoms with Gasteiger partial charge in [0.15, 0.2) is 0 Å². The number of ether oxygens (including phenoxy) is 1. The molecule has 0 saturated carbocycles. The summed E-state index contributed by atoms with van der Waals surface area (Å²) < 4.78 is 37.2. The van der Waals surface area contributed by atoms with Crippen LogP contribution in [0, 0.1) is 5.82 Å². The van der Waals surface area contributed by atoms with E-state index in [-0.39, 0.29) is 28.9 Å². The average molecular weight is 462 g/mol. The third kappa shape index (κ3) is 3.20. The molecule has 0 bridgehead atoms. The minimum atomic E-state index is -2.84. The van der Waals surface area contributed by atoms with Gasteiger partial charge in [0.25, 0.3) is 5.91 Å². The number of amides is 1. The van der Waals surface area contributed by atoms with E-state index >= 15 is 0 Å². The van der Waals surface area contributed by atoms with E-state index in [9.17, 15) is 13.4 Å². The van der Waals surface area contributed by atoms with Crippen LogP contribution in [0.25, 0.3) is 0 Å². The molecule has 170 valence electrons. The number of methoxy groups -OCH3 is 1. The highest BCUT2D eigenvalue weighted by atomic mass is 32.2. The molecule has 1 amide bonds. The smallest absolute Gasteiger partial charge is 0.277 e. The molecule has 3 atom stereocenters. The van der Waals surface area contributed by atoms with Gasteiger partial charge in [0.05, 0.1) is 34.5 Å². The Hall–Kier alpha value is -3.15. The highest BCUT2D eigenvalue weighted by Gasteiger charge is 2.57. The zero-order valence-electron chi connectivity index (χ0n) is 18.1. The number of nitrogens with zero attached hydrogens (tertiary/aromatic N) is 5. The first-order chi connectivity index (χ1) is 15.0. The quantitative estimate of drug-likeness (QED) is 0.707. The number of hydrogen-bond acceptors (Lipinski definition) is 9. The fourth-order valence-electron chi connectivity index (χ4n) is 4.06. The molecule has 0 saturated heterocycles. The Labute approximate surface area is 185 Å². The van der Waals surface area contributed by atoms with Crippen LogP contribution in [0.5, 0.6) is 5.88 Å². The summed E-state index contributed by atoms with van der Waals surface area (Å²) in [5.41, 5.74) is 4.88. The van der Waals surface area contributed by atoms with Crippen LogP contribution in [0.4, 0.5) is 10.2 Å². The van der Waals surface area contributed by atoms with Crippen LogP contribution in [0.3, 0.4) is 0 Å². The van der Waals surface area contributed by atoms with Crippen molar-refractivity contribution in [2.45, 2.75) is 42.7 Å². The second-order valence-corrected chi connectivity index (χ2v) is 11.3. The number of carbonyl (C=O) groups excluding carboxylic acids is 1. The van der Waals surface area contributed by atoms with Gasteiger partial charge >= 0.3 is 0 Å². The molecule has 0 radical (unpaired) electrons. The van der Waals surface area contributed by atoms with Crippen LogP contribution in [-0.4, -0.2) is 54.6 Å². The fourth-order valence-corrected chi connectivity index (χ4v) is 7.21. The van der Waals surface area contributed by atoms with E-state index in [0.29, 0.717) is 13.0 Å². The first-order valence-corrected chi connectivity index (χ1v) is 11.5. The molecule has 2 aliphatic rings. The standard InChI is InChI=1S/C20H24FN7O3S/c1-19(2)18(22)28-20(3,13-7-8-25-32(13,19)30)16-11(21)5-6-14(26-16)27-17(29)12-9-24-15(31-4)10-23-12/h5-6,9-10,13H,7-8H2,1-4H3,(H2,22,28)(H,26,27,29)/t13-,20+,32+/m1/s1. The molecule has 32 heavy (non-hydrogen) atoms. The second-order valence-electron chi connectivity index (χ2n) is 8.28. The number of aliphatic imine (C=N–C) groups is 1. The Bertz CT molecular complexity index is 1240. The van der Waals surface area contributed by atoms with Crippen LogP contribution in [0.15, 0.2) is 33.9 Å². The van der Waals surface area contributed by atoms with Crippen molar-refractivity contribution >= 4 is 27.3 Å². The van der Waals surface area contributed by atoms with Crippen LogP contribution in [0.1, 0.15) is 43.4 Å². The van der Waals surface area contributed by atoms with Gasteiger partial charge in [-0.05, 0) is 39.3 Å². The van der Waals surface area contributed by atoms with Crippen molar-refractivity contribution in [3.05, 3.63) is 41.7 Å². The second kappa shape index (κ2) is 7.47. The maximum absolute atomic E-state index is 15.0. The number of aromatic nitrogens is 3. The van der Waals surface area contributed by atoms with Gasteiger partial charge < -0.3 is 15.8 Å². The lowest BCUT2D eigenvalue weighted by Crippen LogP contribution is -2.58. The lowest BCUT2D eigenvalue weighted by molar-refractivity contribution is 0.102. The van der Waals surface area contributed by atoms with E-state index in [1.165, 1.54) is 31.6 Å². The minimum Gasteiger partial charge on any atom is -0.480 e. The van der Waals surface area contributed by atoms with Crippen molar-refractivity contribution in [3.63, 3.8) is 0 Å². The van der Waals surface area contributed by atoms with Crippen molar-refractivity contribution in [2.75, 3.05) is 19.0 Å². The van der Waals surface area contributed by atoms with E-state index < -0.39 is 37.0 Å². The number of carbonyl (C=O) groups is 1. The van der Waals surface area contributed by atoms with Gasteiger partial charge in [-0.15, -0.1) is 0 Å². The topological polar surface area (TPSA) is 145 Å². The molecule has 0 fully saturated rings. The van der Waals surface area contributed by atoms with Gasteiger partial charge in [0.2, 0.25) is 5.88 Å². The van der Waals surface area contributed by atoms with Gasteiger partial charge in [0.1, 0.15) is 39.1 Å². The maximum Gasteiger partial charge on any atom is 0.277 e. The molecule has 0 spiro atoms. The van der Waals surface area contributed by atoms with E-state index in [1.807, 2.05) is 0 Å². The number of amidine groups is 1. The molecule has 3 N–H and O–H groups in total. The molecule has 2 aromatic heterocycles. The number of nitrogens with one attached hydrogen (secondary N) is 1. The van der Waals surface area contributed by atoms with Crippen molar-refractivity contribution in [2.24, 2.45) is 15.1 Å². The molecular weight excluding hydrogens is 437 g/mol. The highest BCUT2D eigenvalue weighted by molar-refractivity contribution is 7.96. The van der Waals surface area contributed by atoms with Crippen molar-refractivity contribution < 1.29 is 18.1 Å². The lowest BCUT2D eigenvalue weighted by Gasteiger charge is -2.44. The summed E-state index contributed by atoms with van der Waals surface area (Å²) in [7, 11) is -1.40. The van der Waals surface area contributed by atoms with Crippen LogP contribution < -0.4 is 15.8 Å². The van der Waals surface area contributed by atoms with Crippen molar-refractivity contribution in [1.29, 1.82) is 0 Å². The molecule has 4 rings (SSSR count). The zero-order valence-corrected chi connectivity index (χ0v) is 18.9. The third-order valence-electron chi connectivity index (χ3n) is 6.02. The number of pyridine rings is 1. The molecule has 2 aliphatic heterocycles. The molecule has 2 aromatic rings. The molecule has 12 heteroatoms. The zero-order chi connectivity index (χ0) is 23.3. The number of rotatable bonds is 4. The summed E-state index contributed by atoms with van der Waals surface area (Å²) >= 11 is 0. The average Bonchev–Trinajstić information content (AvgIpc) is 3.18. The minimum absolute atomic E-state index is 0.0315. The summed E-state index contributed by atoms with van der Waals surface area (Å²) in [6.07, 6.45) is 3.03. The van der Waals surface area contributed by atoms with Gasteiger partial charge in [-0.2, -0.15) is 0 Å². The Morgan fingerprint density at radius 1 is 1.28 bits per heavy atom. The summed E-state index contributed by atoms with van der Waals surface area (Å²) in [4.78, 5) is 29.4. The van der Waals surface area contributed by atoms with E-state index in [1.54, 1.807) is 20.8 Å². The molecule has 10 nitrogen and oxygen atoms in total. The van der Waals surface area contributed by atoms with Crippen molar-refractivity contribution in [1.82, 2.24) is 15.0 Å². The van der Waals surface area contributed by atoms with Crippen LogP contribution >= 0.6 is 0 Å². The highest BCUT2D eigenvalue weighted by Crippen LogP contribution is 2.47. The Morgan fingerprint density at radius 2 is 2.03 bits per heavy atom. The summed E-state index contributed by atoms with van der Waals surface area (Å²) in [6, 6.07) is 2.51. The summed E-state index contributed by atoms with van der Waals surface area (Å²) in [5, 5.41) is 2.01. The van der Waals surface area contributed by atoms with Crippen LogP contribution in [0.2, 0.25) is 0 Å². The Balaban J connectivity index is 1.73. The SMILES string of the molecule is COc1cnc(C(=O)Nc2ccc(F)c([C@@]3(C)N=C(N)C(C)(C)[S@]4(=O)=NCC[C@H]34)n2)cn1.